The number of pyridine rings is 1. The molecule has 1 aromatic heterocycles. The summed E-state index contributed by atoms with van der Waals surface area (Å²) < 4.78 is 18.4. The van der Waals surface area contributed by atoms with Gasteiger partial charge in [-0.2, -0.15) is 0 Å². The minimum Gasteiger partial charge on any atom is -0.487 e. The second-order valence-electron chi connectivity index (χ2n) is 3.74. The van der Waals surface area contributed by atoms with Gasteiger partial charge in [0.1, 0.15) is 18.2 Å². The number of aromatic carboxylic acids is 1. The summed E-state index contributed by atoms with van der Waals surface area (Å²) in [6, 6.07) is 5.28. The fraction of sp³-hybridized carbons (Fsp3) is 0.0769. The lowest BCUT2D eigenvalue weighted by Crippen LogP contribution is -2.01. The van der Waals surface area contributed by atoms with Crippen LogP contribution in [-0.2, 0) is 6.61 Å². The molecular formula is C13H9ClFNO3. The first-order valence-electron chi connectivity index (χ1n) is 5.31. The van der Waals surface area contributed by atoms with Crippen LogP contribution in [0.5, 0.6) is 5.75 Å². The van der Waals surface area contributed by atoms with Crippen LogP contribution < -0.4 is 4.74 Å². The fourth-order valence-electron chi connectivity index (χ4n) is 1.43. The van der Waals surface area contributed by atoms with Crippen molar-refractivity contribution in [3.63, 3.8) is 0 Å². The number of ether oxygens (including phenoxy) is 1. The lowest BCUT2D eigenvalue weighted by atomic mass is 10.2. The van der Waals surface area contributed by atoms with Crippen molar-refractivity contribution >= 4 is 17.6 Å². The number of aromatic nitrogens is 1. The topological polar surface area (TPSA) is 59.4 Å². The molecule has 0 aliphatic rings. The van der Waals surface area contributed by atoms with E-state index in [-0.39, 0.29) is 17.9 Å². The maximum Gasteiger partial charge on any atom is 0.337 e. The number of carboxylic acids is 1. The lowest BCUT2D eigenvalue weighted by Gasteiger charge is -2.08. The van der Waals surface area contributed by atoms with Crippen molar-refractivity contribution in [1.82, 2.24) is 4.98 Å². The first-order valence-corrected chi connectivity index (χ1v) is 5.69. The number of halogens is 2. The highest BCUT2D eigenvalue weighted by Gasteiger charge is 2.07. The molecule has 1 aromatic carbocycles. The van der Waals surface area contributed by atoms with Crippen LogP contribution in [0.3, 0.4) is 0 Å². The van der Waals surface area contributed by atoms with Crippen LogP contribution in [0.2, 0.25) is 5.02 Å². The van der Waals surface area contributed by atoms with E-state index in [0.29, 0.717) is 10.6 Å². The second kappa shape index (κ2) is 5.67. The van der Waals surface area contributed by atoms with Crippen LogP contribution in [-0.4, -0.2) is 16.1 Å². The number of carbonyl (C=O) groups is 1. The zero-order valence-corrected chi connectivity index (χ0v) is 10.4. The number of hydrogen-bond donors (Lipinski definition) is 1. The van der Waals surface area contributed by atoms with Crippen LogP contribution >= 0.6 is 11.6 Å². The van der Waals surface area contributed by atoms with E-state index in [1.807, 2.05) is 0 Å². The first-order chi connectivity index (χ1) is 9.06. The number of rotatable bonds is 4. The Labute approximate surface area is 113 Å². The number of hydrogen-bond acceptors (Lipinski definition) is 3. The Morgan fingerprint density at radius 2 is 2.16 bits per heavy atom. The number of carboxylic acid groups (broad SMARTS) is 1. The molecule has 0 fully saturated rings. The van der Waals surface area contributed by atoms with Gasteiger partial charge in [-0.25, -0.2) is 9.18 Å². The Balaban J connectivity index is 2.12. The Bertz CT molecular complexity index is 619. The molecule has 6 heteroatoms. The largest absolute Gasteiger partial charge is 0.487 e. The monoisotopic (exact) mass is 281 g/mol. The molecule has 19 heavy (non-hydrogen) atoms. The molecule has 0 bridgehead atoms. The van der Waals surface area contributed by atoms with Crippen LogP contribution in [0.25, 0.3) is 0 Å². The van der Waals surface area contributed by atoms with Gasteiger partial charge in [0.15, 0.2) is 0 Å². The first kappa shape index (κ1) is 13.3. The molecule has 0 spiro atoms. The average Bonchev–Trinajstić information content (AvgIpc) is 2.40. The zero-order valence-electron chi connectivity index (χ0n) is 9.64. The molecular weight excluding hydrogens is 273 g/mol. The summed E-state index contributed by atoms with van der Waals surface area (Å²) in [4.78, 5) is 14.5. The van der Waals surface area contributed by atoms with Crippen molar-refractivity contribution in [3.05, 3.63) is 58.6 Å². The minimum atomic E-state index is -1.10. The van der Waals surface area contributed by atoms with Gasteiger partial charge >= 0.3 is 5.97 Å². The molecule has 0 radical (unpaired) electrons. The van der Waals surface area contributed by atoms with Crippen molar-refractivity contribution < 1.29 is 19.0 Å². The van der Waals surface area contributed by atoms with Crippen molar-refractivity contribution in [1.29, 1.82) is 0 Å². The summed E-state index contributed by atoms with van der Waals surface area (Å²) in [5.41, 5.74) is 0.491. The molecule has 0 amide bonds. The van der Waals surface area contributed by atoms with E-state index >= 15 is 0 Å². The molecule has 1 N–H and O–H groups in total. The van der Waals surface area contributed by atoms with Gasteiger partial charge in [0.25, 0.3) is 0 Å². The summed E-state index contributed by atoms with van der Waals surface area (Å²) in [7, 11) is 0. The standard InChI is InChI=1S/C13H9ClFNO3/c14-12-2-1-10(15)3-9(12)7-19-11-4-8(13(17)18)5-16-6-11/h1-6H,7H2,(H,17,18). The molecule has 0 aliphatic carbocycles. The maximum atomic E-state index is 13.0. The van der Waals surface area contributed by atoms with Gasteiger partial charge in [0.05, 0.1) is 11.8 Å². The third-order valence-electron chi connectivity index (χ3n) is 2.36. The van der Waals surface area contributed by atoms with Crippen LogP contribution in [0, 0.1) is 5.82 Å². The number of nitrogens with zero attached hydrogens (tertiary/aromatic N) is 1. The smallest absolute Gasteiger partial charge is 0.337 e. The highest BCUT2D eigenvalue weighted by atomic mass is 35.5. The SMILES string of the molecule is O=C(O)c1cncc(OCc2cc(F)ccc2Cl)c1. The predicted molar refractivity (Wildman–Crippen MR) is 66.9 cm³/mol. The molecule has 1 heterocycles. The fourth-order valence-corrected chi connectivity index (χ4v) is 1.60. The molecule has 0 saturated heterocycles. The molecule has 0 aliphatic heterocycles. The number of benzene rings is 1. The van der Waals surface area contributed by atoms with Crippen molar-refractivity contribution in [2.75, 3.05) is 0 Å². The Morgan fingerprint density at radius 3 is 2.89 bits per heavy atom. The van der Waals surface area contributed by atoms with Gasteiger partial charge < -0.3 is 9.84 Å². The van der Waals surface area contributed by atoms with Crippen LogP contribution in [0.4, 0.5) is 4.39 Å². The van der Waals surface area contributed by atoms with Gasteiger partial charge in [0, 0.05) is 16.8 Å². The lowest BCUT2D eigenvalue weighted by molar-refractivity contribution is 0.0696. The Hall–Kier alpha value is -2.14. The van der Waals surface area contributed by atoms with E-state index in [9.17, 15) is 9.18 Å². The normalized spacial score (nSPS) is 10.2. The molecule has 0 saturated carbocycles. The summed E-state index contributed by atoms with van der Waals surface area (Å²) in [6.45, 7) is 0.0291. The maximum absolute atomic E-state index is 13.0. The third-order valence-corrected chi connectivity index (χ3v) is 2.73. The molecule has 0 unspecified atom stereocenters. The highest BCUT2D eigenvalue weighted by molar-refractivity contribution is 6.31. The summed E-state index contributed by atoms with van der Waals surface area (Å²) in [5.74, 6) is -1.23. The highest BCUT2D eigenvalue weighted by Crippen LogP contribution is 2.20. The van der Waals surface area contributed by atoms with Gasteiger partial charge in [-0.3, -0.25) is 4.98 Å². The summed E-state index contributed by atoms with van der Waals surface area (Å²) in [5, 5.41) is 9.19. The molecule has 98 valence electrons. The van der Waals surface area contributed by atoms with E-state index in [1.54, 1.807) is 0 Å². The van der Waals surface area contributed by atoms with E-state index in [1.165, 1.54) is 36.7 Å². The second-order valence-corrected chi connectivity index (χ2v) is 4.15. The average molecular weight is 282 g/mol. The van der Waals surface area contributed by atoms with Crippen LogP contribution in [0.1, 0.15) is 15.9 Å². The van der Waals surface area contributed by atoms with Gasteiger partial charge in [-0.1, -0.05) is 11.6 Å². The van der Waals surface area contributed by atoms with E-state index in [2.05, 4.69) is 4.98 Å². The predicted octanol–water partition coefficient (Wildman–Crippen LogP) is 3.15. The van der Waals surface area contributed by atoms with Crippen molar-refractivity contribution in [2.24, 2.45) is 0 Å². The Kier molecular flexibility index (Phi) is 3.97. The summed E-state index contributed by atoms with van der Waals surface area (Å²) in [6.07, 6.45) is 2.59. The minimum absolute atomic E-state index is 0.0165. The van der Waals surface area contributed by atoms with Gasteiger partial charge in [-0.05, 0) is 24.3 Å². The Morgan fingerprint density at radius 1 is 1.37 bits per heavy atom. The van der Waals surface area contributed by atoms with E-state index in [4.69, 9.17) is 21.4 Å². The van der Waals surface area contributed by atoms with E-state index < -0.39 is 11.8 Å². The third kappa shape index (κ3) is 3.42. The van der Waals surface area contributed by atoms with Crippen LogP contribution in [0.15, 0.2) is 36.7 Å². The molecule has 0 atom stereocenters. The molecule has 2 rings (SSSR count). The molecule has 4 nitrogen and oxygen atoms in total. The zero-order chi connectivity index (χ0) is 13.8. The van der Waals surface area contributed by atoms with Gasteiger partial charge in [0.2, 0.25) is 0 Å². The van der Waals surface area contributed by atoms with E-state index in [0.717, 1.165) is 0 Å². The van der Waals surface area contributed by atoms with Crippen molar-refractivity contribution in [2.45, 2.75) is 6.61 Å². The summed E-state index contributed by atoms with van der Waals surface area (Å²) >= 11 is 5.89. The van der Waals surface area contributed by atoms with Crippen molar-refractivity contribution in [3.8, 4) is 5.75 Å². The quantitative estimate of drug-likeness (QED) is 0.935. The van der Waals surface area contributed by atoms with Gasteiger partial charge in [-0.15, -0.1) is 0 Å². The molecule has 2 aromatic rings.